The highest BCUT2D eigenvalue weighted by Gasteiger charge is 2.08. The Bertz CT molecular complexity index is 638. The minimum Gasteiger partial charge on any atom is -0.495 e. The maximum atomic E-state index is 12.0. The zero-order valence-electron chi connectivity index (χ0n) is 9.25. The molecule has 0 amide bonds. The molecule has 0 saturated heterocycles. The van der Waals surface area contributed by atoms with E-state index in [1.54, 1.807) is 24.4 Å². The summed E-state index contributed by atoms with van der Waals surface area (Å²) >= 11 is 0. The van der Waals surface area contributed by atoms with Gasteiger partial charge in [-0.15, -0.1) is 0 Å². The van der Waals surface area contributed by atoms with Crippen LogP contribution in [0.2, 0.25) is 0 Å². The normalized spacial score (nSPS) is 9.65. The third-order valence-corrected chi connectivity index (χ3v) is 2.41. The van der Waals surface area contributed by atoms with E-state index in [9.17, 15) is 4.79 Å². The lowest BCUT2D eigenvalue weighted by Gasteiger charge is -2.10. The number of nitrogens with zero attached hydrogens (tertiary/aromatic N) is 2. The summed E-state index contributed by atoms with van der Waals surface area (Å²) in [7, 11) is 1.54. The van der Waals surface area contributed by atoms with Crippen LogP contribution in [0, 0.1) is 11.3 Å². The molecule has 2 aromatic rings. The molecule has 17 heavy (non-hydrogen) atoms. The SMILES string of the molecule is COc1ccccc1-n1cccc(C#N)c1=O. The number of pyridine rings is 1. The van der Waals surface area contributed by atoms with E-state index in [4.69, 9.17) is 10.00 Å². The predicted molar refractivity (Wildman–Crippen MR) is 63.3 cm³/mol. The lowest BCUT2D eigenvalue weighted by atomic mass is 10.2. The van der Waals surface area contributed by atoms with Gasteiger partial charge in [-0.3, -0.25) is 9.36 Å². The number of aromatic nitrogens is 1. The summed E-state index contributed by atoms with van der Waals surface area (Å²) in [4.78, 5) is 12.0. The molecule has 0 aliphatic rings. The zero-order chi connectivity index (χ0) is 12.3. The zero-order valence-corrected chi connectivity index (χ0v) is 9.25. The topological polar surface area (TPSA) is 55.0 Å². The van der Waals surface area contributed by atoms with Gasteiger partial charge in [0, 0.05) is 6.20 Å². The fourth-order valence-electron chi connectivity index (χ4n) is 1.60. The van der Waals surface area contributed by atoms with Gasteiger partial charge in [-0.2, -0.15) is 5.26 Å². The molecule has 1 aromatic carbocycles. The van der Waals surface area contributed by atoms with Crippen molar-refractivity contribution in [1.29, 1.82) is 5.26 Å². The quantitative estimate of drug-likeness (QED) is 0.783. The molecule has 84 valence electrons. The molecule has 0 N–H and O–H groups in total. The summed E-state index contributed by atoms with van der Waals surface area (Å²) in [6.45, 7) is 0. The molecule has 1 aromatic heterocycles. The van der Waals surface area contributed by atoms with E-state index in [0.29, 0.717) is 11.4 Å². The van der Waals surface area contributed by atoms with E-state index in [0.717, 1.165) is 0 Å². The number of hydrogen-bond donors (Lipinski definition) is 0. The van der Waals surface area contributed by atoms with Crippen LogP contribution in [0.15, 0.2) is 47.4 Å². The largest absolute Gasteiger partial charge is 0.495 e. The van der Waals surface area contributed by atoms with Crippen LogP contribution in [0.1, 0.15) is 5.56 Å². The van der Waals surface area contributed by atoms with E-state index in [1.807, 2.05) is 18.2 Å². The van der Waals surface area contributed by atoms with E-state index in [2.05, 4.69) is 0 Å². The monoisotopic (exact) mass is 226 g/mol. The molecule has 0 aliphatic carbocycles. The number of para-hydroxylation sites is 2. The molecular formula is C13H10N2O2. The first kappa shape index (κ1) is 11.0. The van der Waals surface area contributed by atoms with Crippen molar-refractivity contribution in [2.24, 2.45) is 0 Å². The highest BCUT2D eigenvalue weighted by molar-refractivity contribution is 5.47. The Morgan fingerprint density at radius 3 is 2.71 bits per heavy atom. The Balaban J connectivity index is 2.70. The molecule has 4 heteroatoms. The molecule has 0 spiro atoms. The third kappa shape index (κ3) is 1.91. The lowest BCUT2D eigenvalue weighted by Crippen LogP contribution is -2.20. The summed E-state index contributed by atoms with van der Waals surface area (Å²) in [5.74, 6) is 0.588. The van der Waals surface area contributed by atoms with Crippen LogP contribution < -0.4 is 10.3 Å². The van der Waals surface area contributed by atoms with Gasteiger partial charge in [-0.25, -0.2) is 0 Å². The van der Waals surface area contributed by atoms with Crippen molar-refractivity contribution in [1.82, 2.24) is 4.57 Å². The molecule has 4 nitrogen and oxygen atoms in total. The van der Waals surface area contributed by atoms with Gasteiger partial charge in [0.05, 0.1) is 12.8 Å². The summed E-state index contributed by atoms with van der Waals surface area (Å²) in [6.07, 6.45) is 1.61. The van der Waals surface area contributed by atoms with Crippen LogP contribution in [-0.2, 0) is 0 Å². The molecule has 0 saturated carbocycles. The molecular weight excluding hydrogens is 216 g/mol. The third-order valence-electron chi connectivity index (χ3n) is 2.41. The van der Waals surface area contributed by atoms with Crippen molar-refractivity contribution in [3.05, 3.63) is 58.5 Å². The molecule has 0 atom stereocenters. The van der Waals surface area contributed by atoms with Gasteiger partial charge in [-0.1, -0.05) is 12.1 Å². The number of nitriles is 1. The molecule has 0 unspecified atom stereocenters. The maximum absolute atomic E-state index is 12.0. The van der Waals surface area contributed by atoms with Crippen LogP contribution in [0.3, 0.4) is 0 Å². The summed E-state index contributed by atoms with van der Waals surface area (Å²) < 4.78 is 6.59. The first-order valence-corrected chi connectivity index (χ1v) is 5.03. The fourth-order valence-corrected chi connectivity index (χ4v) is 1.60. The van der Waals surface area contributed by atoms with E-state index >= 15 is 0 Å². The average molecular weight is 226 g/mol. The van der Waals surface area contributed by atoms with Crippen LogP contribution in [0.5, 0.6) is 5.75 Å². The van der Waals surface area contributed by atoms with Gasteiger partial charge < -0.3 is 4.74 Å². The van der Waals surface area contributed by atoms with Crippen LogP contribution in [-0.4, -0.2) is 11.7 Å². The van der Waals surface area contributed by atoms with Gasteiger partial charge >= 0.3 is 0 Å². The predicted octanol–water partition coefficient (Wildman–Crippen LogP) is 1.72. The van der Waals surface area contributed by atoms with E-state index in [1.165, 1.54) is 17.7 Å². The van der Waals surface area contributed by atoms with E-state index < -0.39 is 0 Å². The smallest absolute Gasteiger partial charge is 0.273 e. The fraction of sp³-hybridized carbons (Fsp3) is 0.0769. The standard InChI is InChI=1S/C13H10N2O2/c1-17-12-7-3-2-6-11(12)15-8-4-5-10(9-14)13(15)16/h2-8H,1H3. The summed E-state index contributed by atoms with van der Waals surface area (Å²) in [5.41, 5.74) is 0.384. The minimum absolute atomic E-state index is 0.110. The first-order chi connectivity index (χ1) is 8.27. The molecule has 1 heterocycles. The number of hydrogen-bond acceptors (Lipinski definition) is 3. The molecule has 0 bridgehead atoms. The minimum atomic E-state index is -0.348. The van der Waals surface area contributed by atoms with Gasteiger partial charge in [0.1, 0.15) is 17.4 Å². The molecule has 0 radical (unpaired) electrons. The molecule has 2 rings (SSSR count). The highest BCUT2D eigenvalue weighted by Crippen LogP contribution is 2.20. The molecule has 0 aliphatic heterocycles. The number of methoxy groups -OCH3 is 1. The molecule has 0 fully saturated rings. The van der Waals surface area contributed by atoms with Crippen LogP contribution in [0.25, 0.3) is 5.69 Å². The van der Waals surface area contributed by atoms with E-state index in [-0.39, 0.29) is 11.1 Å². The Hall–Kier alpha value is -2.54. The average Bonchev–Trinajstić information content (AvgIpc) is 2.39. The van der Waals surface area contributed by atoms with Gasteiger partial charge in [-0.05, 0) is 24.3 Å². The van der Waals surface area contributed by atoms with Crippen molar-refractivity contribution in [3.8, 4) is 17.5 Å². The van der Waals surface area contributed by atoms with Gasteiger partial charge in [0.2, 0.25) is 0 Å². The Kier molecular flexibility index (Phi) is 2.93. The Morgan fingerprint density at radius 2 is 2.00 bits per heavy atom. The van der Waals surface area contributed by atoms with Crippen molar-refractivity contribution < 1.29 is 4.74 Å². The number of ether oxygens (including phenoxy) is 1. The van der Waals surface area contributed by atoms with Gasteiger partial charge in [0.25, 0.3) is 5.56 Å². The second-order valence-electron chi connectivity index (χ2n) is 3.38. The van der Waals surface area contributed by atoms with Crippen molar-refractivity contribution in [2.45, 2.75) is 0 Å². The number of benzene rings is 1. The Labute approximate surface area is 98.3 Å². The van der Waals surface area contributed by atoms with Crippen LogP contribution in [0.4, 0.5) is 0 Å². The van der Waals surface area contributed by atoms with Crippen molar-refractivity contribution >= 4 is 0 Å². The Morgan fingerprint density at radius 1 is 1.24 bits per heavy atom. The summed E-state index contributed by atoms with van der Waals surface area (Å²) in [6, 6.07) is 12.2. The highest BCUT2D eigenvalue weighted by atomic mass is 16.5. The van der Waals surface area contributed by atoms with Crippen molar-refractivity contribution in [3.63, 3.8) is 0 Å². The van der Waals surface area contributed by atoms with Gasteiger partial charge in [0.15, 0.2) is 0 Å². The lowest BCUT2D eigenvalue weighted by molar-refractivity contribution is 0.412. The maximum Gasteiger partial charge on any atom is 0.273 e. The second kappa shape index (κ2) is 4.54. The van der Waals surface area contributed by atoms with Crippen molar-refractivity contribution in [2.75, 3.05) is 7.11 Å². The first-order valence-electron chi connectivity index (χ1n) is 5.03. The number of rotatable bonds is 2. The summed E-state index contributed by atoms with van der Waals surface area (Å²) in [5, 5.41) is 8.82. The second-order valence-corrected chi connectivity index (χ2v) is 3.38. The van der Waals surface area contributed by atoms with Crippen LogP contribution >= 0.6 is 0 Å².